The van der Waals surface area contributed by atoms with Crippen LogP contribution in [0.25, 0.3) is 0 Å². The first-order valence-electron chi connectivity index (χ1n) is 9.96. The number of furan rings is 1. The van der Waals surface area contributed by atoms with Crippen LogP contribution in [0, 0.1) is 5.92 Å². The van der Waals surface area contributed by atoms with Crippen LogP contribution in [0.2, 0.25) is 0 Å². The fourth-order valence-corrected chi connectivity index (χ4v) is 3.74. The Balaban J connectivity index is 1.46. The van der Waals surface area contributed by atoms with Gasteiger partial charge in [0.05, 0.1) is 18.8 Å². The number of piperidine rings is 1. The van der Waals surface area contributed by atoms with Crippen molar-refractivity contribution < 1.29 is 33.1 Å². The maximum Gasteiger partial charge on any atom is 0.329 e. The number of amides is 2. The van der Waals surface area contributed by atoms with Crippen molar-refractivity contribution in [3.63, 3.8) is 0 Å². The van der Waals surface area contributed by atoms with E-state index in [0.717, 1.165) is 0 Å². The first kappa shape index (κ1) is 20.9. The molecule has 9 nitrogen and oxygen atoms in total. The Bertz CT molecular complexity index is 738. The highest BCUT2D eigenvalue weighted by Gasteiger charge is 2.37. The third-order valence-electron chi connectivity index (χ3n) is 5.32. The zero-order valence-corrected chi connectivity index (χ0v) is 16.5. The summed E-state index contributed by atoms with van der Waals surface area (Å²) >= 11 is 0. The molecule has 0 unspecified atom stereocenters. The van der Waals surface area contributed by atoms with Crippen LogP contribution in [0.5, 0.6) is 0 Å². The molecule has 0 spiro atoms. The molecule has 2 amide bonds. The molecule has 9 heteroatoms. The van der Waals surface area contributed by atoms with E-state index < -0.39 is 12.0 Å². The average Bonchev–Trinajstić information content (AvgIpc) is 3.43. The van der Waals surface area contributed by atoms with Crippen molar-refractivity contribution in [2.24, 2.45) is 5.92 Å². The first-order chi connectivity index (χ1) is 14.0. The highest BCUT2D eigenvalue weighted by atomic mass is 16.5. The average molecular weight is 406 g/mol. The van der Waals surface area contributed by atoms with Gasteiger partial charge in [-0.1, -0.05) is 0 Å². The number of carbonyl (C=O) groups is 4. The van der Waals surface area contributed by atoms with Gasteiger partial charge in [0.1, 0.15) is 6.04 Å². The predicted octanol–water partition coefficient (Wildman–Crippen LogP) is 1.23. The van der Waals surface area contributed by atoms with E-state index in [1.54, 1.807) is 24.0 Å². The number of carbonyl (C=O) groups excluding carboxylic acids is 4. The second kappa shape index (κ2) is 9.58. The first-order valence-corrected chi connectivity index (χ1v) is 9.96. The second-order valence-electron chi connectivity index (χ2n) is 7.15. The van der Waals surface area contributed by atoms with Crippen molar-refractivity contribution in [3.8, 4) is 0 Å². The van der Waals surface area contributed by atoms with Gasteiger partial charge in [-0.2, -0.15) is 0 Å². The van der Waals surface area contributed by atoms with Crippen LogP contribution < -0.4 is 0 Å². The summed E-state index contributed by atoms with van der Waals surface area (Å²) in [6.45, 7) is 3.02. The summed E-state index contributed by atoms with van der Waals surface area (Å²) in [4.78, 5) is 52.1. The lowest BCUT2D eigenvalue weighted by molar-refractivity contribution is -0.157. The molecular formula is C20H26N2O7. The van der Waals surface area contributed by atoms with Crippen LogP contribution in [0.15, 0.2) is 22.8 Å². The van der Waals surface area contributed by atoms with E-state index in [9.17, 15) is 19.2 Å². The normalized spacial score (nSPS) is 19.8. The SMILES string of the molecule is CCOC(=O)C1CCN(C(=O)COC(=O)[C@@H]2CCCN2C(=O)c2ccco2)CC1. The molecule has 2 saturated heterocycles. The van der Waals surface area contributed by atoms with Crippen LogP contribution >= 0.6 is 0 Å². The van der Waals surface area contributed by atoms with Crippen LogP contribution in [0.3, 0.4) is 0 Å². The number of hydrogen-bond donors (Lipinski definition) is 0. The Morgan fingerprint density at radius 2 is 1.83 bits per heavy atom. The zero-order valence-electron chi connectivity index (χ0n) is 16.5. The fraction of sp³-hybridized carbons (Fsp3) is 0.600. The zero-order chi connectivity index (χ0) is 20.8. The number of rotatable bonds is 6. The van der Waals surface area contributed by atoms with Crippen LogP contribution in [-0.2, 0) is 23.9 Å². The summed E-state index contributed by atoms with van der Waals surface area (Å²) in [5.74, 6) is -1.50. The molecule has 1 aromatic rings. The Kier molecular flexibility index (Phi) is 6.90. The van der Waals surface area contributed by atoms with Gasteiger partial charge < -0.3 is 23.7 Å². The molecule has 2 fully saturated rings. The molecule has 0 aromatic carbocycles. The van der Waals surface area contributed by atoms with E-state index in [2.05, 4.69) is 0 Å². The summed E-state index contributed by atoms with van der Waals surface area (Å²) in [7, 11) is 0. The van der Waals surface area contributed by atoms with E-state index in [0.29, 0.717) is 51.9 Å². The Morgan fingerprint density at radius 3 is 2.48 bits per heavy atom. The summed E-state index contributed by atoms with van der Waals surface area (Å²) in [6, 6.07) is 2.45. The number of nitrogens with zero attached hydrogens (tertiary/aromatic N) is 2. The molecule has 29 heavy (non-hydrogen) atoms. The lowest BCUT2D eigenvalue weighted by atomic mass is 9.97. The third-order valence-corrected chi connectivity index (χ3v) is 5.32. The standard InChI is InChI=1S/C20H26N2O7/c1-2-27-19(25)14-7-10-21(11-8-14)17(23)13-29-20(26)15-5-3-9-22(15)18(24)16-6-4-12-28-16/h4,6,12,14-15H,2-3,5,7-11,13H2,1H3/t15-/m0/s1. The van der Waals surface area contributed by atoms with Crippen molar-refractivity contribution in [2.75, 3.05) is 32.8 Å². The van der Waals surface area contributed by atoms with Gasteiger partial charge in [-0.15, -0.1) is 0 Å². The lowest BCUT2D eigenvalue weighted by Gasteiger charge is -2.31. The van der Waals surface area contributed by atoms with Gasteiger partial charge >= 0.3 is 11.9 Å². The van der Waals surface area contributed by atoms with Crippen molar-refractivity contribution in [1.82, 2.24) is 9.80 Å². The highest BCUT2D eigenvalue weighted by Crippen LogP contribution is 2.22. The number of ether oxygens (including phenoxy) is 2. The minimum Gasteiger partial charge on any atom is -0.466 e. The van der Waals surface area contributed by atoms with Crippen molar-refractivity contribution >= 4 is 23.8 Å². The van der Waals surface area contributed by atoms with Gasteiger partial charge in [0.15, 0.2) is 12.4 Å². The minimum absolute atomic E-state index is 0.172. The molecule has 0 N–H and O–H groups in total. The third kappa shape index (κ3) is 4.96. The van der Waals surface area contributed by atoms with Crippen molar-refractivity contribution in [1.29, 1.82) is 0 Å². The Labute approximate surface area is 168 Å². The molecule has 3 heterocycles. The second-order valence-corrected chi connectivity index (χ2v) is 7.15. The van der Waals surface area contributed by atoms with E-state index in [4.69, 9.17) is 13.9 Å². The number of esters is 2. The van der Waals surface area contributed by atoms with Gasteiger partial charge in [0, 0.05) is 19.6 Å². The summed E-state index contributed by atoms with van der Waals surface area (Å²) in [6.07, 6.45) is 3.64. The molecule has 0 aliphatic carbocycles. The molecule has 0 bridgehead atoms. The molecule has 1 atom stereocenters. The monoisotopic (exact) mass is 406 g/mol. The molecule has 2 aliphatic heterocycles. The summed E-state index contributed by atoms with van der Waals surface area (Å²) in [5.41, 5.74) is 0. The van der Waals surface area contributed by atoms with Crippen molar-refractivity contribution in [3.05, 3.63) is 24.2 Å². The Hall–Kier alpha value is -2.84. The molecule has 1 aromatic heterocycles. The lowest BCUT2D eigenvalue weighted by Crippen LogP contribution is -2.44. The molecule has 158 valence electrons. The van der Waals surface area contributed by atoms with E-state index in [1.807, 2.05) is 0 Å². The molecular weight excluding hydrogens is 380 g/mol. The summed E-state index contributed by atoms with van der Waals surface area (Å²) < 4.78 is 15.3. The van der Waals surface area contributed by atoms with Gasteiger partial charge in [0.25, 0.3) is 11.8 Å². The van der Waals surface area contributed by atoms with Gasteiger partial charge in [-0.25, -0.2) is 4.79 Å². The minimum atomic E-state index is -0.713. The van der Waals surface area contributed by atoms with E-state index >= 15 is 0 Å². The predicted molar refractivity (Wildman–Crippen MR) is 99.7 cm³/mol. The maximum atomic E-state index is 12.5. The Morgan fingerprint density at radius 1 is 1.07 bits per heavy atom. The molecule has 3 rings (SSSR count). The smallest absolute Gasteiger partial charge is 0.329 e. The summed E-state index contributed by atoms with van der Waals surface area (Å²) in [5, 5.41) is 0. The molecule has 0 radical (unpaired) electrons. The number of hydrogen-bond acceptors (Lipinski definition) is 7. The maximum absolute atomic E-state index is 12.5. The number of likely N-dealkylation sites (tertiary alicyclic amines) is 2. The van der Waals surface area contributed by atoms with Crippen molar-refractivity contribution in [2.45, 2.75) is 38.6 Å². The molecule has 0 saturated carbocycles. The van der Waals surface area contributed by atoms with Gasteiger partial charge in [-0.05, 0) is 44.7 Å². The quantitative estimate of drug-likeness (QED) is 0.654. The fourth-order valence-electron chi connectivity index (χ4n) is 3.74. The van der Waals surface area contributed by atoms with Gasteiger partial charge in [-0.3, -0.25) is 14.4 Å². The largest absolute Gasteiger partial charge is 0.466 e. The molecule has 2 aliphatic rings. The van der Waals surface area contributed by atoms with Crippen LogP contribution in [0.4, 0.5) is 0 Å². The topological polar surface area (TPSA) is 106 Å². The van der Waals surface area contributed by atoms with Crippen LogP contribution in [-0.4, -0.2) is 72.4 Å². The highest BCUT2D eigenvalue weighted by molar-refractivity contribution is 5.95. The van der Waals surface area contributed by atoms with E-state index in [-0.39, 0.29) is 36.1 Å². The van der Waals surface area contributed by atoms with Crippen LogP contribution in [0.1, 0.15) is 43.2 Å². The van der Waals surface area contributed by atoms with E-state index in [1.165, 1.54) is 11.2 Å². The van der Waals surface area contributed by atoms with Gasteiger partial charge in [0.2, 0.25) is 0 Å².